The van der Waals surface area contributed by atoms with Crippen LogP contribution < -0.4 is 21.3 Å². The molecule has 0 radical (unpaired) electrons. The molecule has 2 N–H and O–H groups in total. The van der Waals surface area contributed by atoms with Crippen molar-refractivity contribution in [1.29, 1.82) is 0 Å². The van der Waals surface area contributed by atoms with E-state index in [1.54, 1.807) is 12.5 Å². The van der Waals surface area contributed by atoms with Gasteiger partial charge in [-0.15, -0.1) is 0 Å². The SMILES string of the molecule is C1=c2c(NC3CCNC3)ncnc2=N1. The lowest BCUT2D eigenvalue weighted by atomic mass is 10.2. The molecule has 3 heterocycles. The Morgan fingerprint density at radius 3 is 3.14 bits per heavy atom. The zero-order valence-electron chi connectivity index (χ0n) is 7.70. The van der Waals surface area contributed by atoms with E-state index in [-0.39, 0.29) is 0 Å². The Morgan fingerprint density at radius 1 is 1.43 bits per heavy atom. The van der Waals surface area contributed by atoms with Crippen molar-refractivity contribution in [3.05, 3.63) is 17.0 Å². The summed E-state index contributed by atoms with van der Waals surface area (Å²) in [6, 6.07) is 0.489. The summed E-state index contributed by atoms with van der Waals surface area (Å²) in [7, 11) is 0. The molecule has 5 heteroatoms. The summed E-state index contributed by atoms with van der Waals surface area (Å²) in [4.78, 5) is 12.3. The molecule has 1 saturated heterocycles. The maximum Gasteiger partial charge on any atom is 0.166 e. The fourth-order valence-electron chi connectivity index (χ4n) is 1.75. The smallest absolute Gasteiger partial charge is 0.166 e. The number of rotatable bonds is 2. The Hall–Kier alpha value is -1.49. The zero-order chi connectivity index (χ0) is 9.38. The van der Waals surface area contributed by atoms with Gasteiger partial charge in [0.05, 0.1) is 5.22 Å². The fraction of sp³-hybridized carbons (Fsp3) is 0.444. The van der Waals surface area contributed by atoms with Crippen LogP contribution in [0.1, 0.15) is 6.42 Å². The number of anilines is 1. The Bertz CT molecular complexity index is 461. The number of nitrogens with one attached hydrogen (secondary N) is 2. The minimum Gasteiger partial charge on any atom is -0.365 e. The van der Waals surface area contributed by atoms with E-state index in [2.05, 4.69) is 25.6 Å². The average molecular weight is 189 g/mol. The number of fused-ring (bicyclic) bond motifs is 1. The van der Waals surface area contributed by atoms with Gasteiger partial charge in [-0.3, -0.25) is 0 Å². The first-order chi connectivity index (χ1) is 6.93. The Balaban J connectivity index is 1.87. The molecule has 1 unspecified atom stereocenters. The molecule has 1 aromatic heterocycles. The van der Waals surface area contributed by atoms with E-state index in [9.17, 15) is 0 Å². The van der Waals surface area contributed by atoms with Crippen molar-refractivity contribution in [3.8, 4) is 0 Å². The third-order valence-corrected chi connectivity index (χ3v) is 2.58. The van der Waals surface area contributed by atoms with Gasteiger partial charge in [0.15, 0.2) is 5.49 Å². The monoisotopic (exact) mass is 189 g/mol. The van der Waals surface area contributed by atoms with E-state index < -0.39 is 0 Å². The molecule has 2 aliphatic heterocycles. The number of hydrogen-bond donors (Lipinski definition) is 2. The average Bonchev–Trinajstić information content (AvgIpc) is 2.61. The molecule has 14 heavy (non-hydrogen) atoms. The molecule has 0 amide bonds. The maximum absolute atomic E-state index is 4.21. The van der Waals surface area contributed by atoms with E-state index in [4.69, 9.17) is 0 Å². The molecular weight excluding hydrogens is 178 g/mol. The summed E-state index contributed by atoms with van der Waals surface area (Å²) < 4.78 is 0. The number of nitrogens with zero attached hydrogens (tertiary/aromatic N) is 3. The quantitative estimate of drug-likeness (QED) is 0.602. The summed E-state index contributed by atoms with van der Waals surface area (Å²) in [6.45, 7) is 2.09. The summed E-state index contributed by atoms with van der Waals surface area (Å²) in [5, 5.41) is 7.74. The highest BCUT2D eigenvalue weighted by Crippen LogP contribution is 2.03. The Kier molecular flexibility index (Phi) is 1.70. The number of hydrogen-bond acceptors (Lipinski definition) is 5. The standard InChI is InChI=1S/C9H11N5/c1-2-10-3-6(1)14-9-7-4-11-8(7)12-5-13-9/h4-6,10H,1-3H2,(H,11,12,13,14). The van der Waals surface area contributed by atoms with Gasteiger partial charge >= 0.3 is 0 Å². The first-order valence-corrected chi connectivity index (χ1v) is 4.80. The maximum atomic E-state index is 4.21. The highest BCUT2D eigenvalue weighted by Gasteiger charge is 2.15. The van der Waals surface area contributed by atoms with Gasteiger partial charge in [-0.05, 0) is 13.0 Å². The molecule has 2 aliphatic rings. The molecular formula is C9H11N5. The summed E-state index contributed by atoms with van der Waals surface area (Å²) in [5.41, 5.74) is 0.799. The minimum atomic E-state index is 0.489. The van der Waals surface area contributed by atoms with Gasteiger partial charge in [0, 0.05) is 18.8 Å². The van der Waals surface area contributed by atoms with Crippen LogP contribution in [-0.2, 0) is 0 Å². The van der Waals surface area contributed by atoms with Crippen molar-refractivity contribution in [2.24, 2.45) is 4.99 Å². The van der Waals surface area contributed by atoms with Crippen LogP contribution in [0.15, 0.2) is 11.3 Å². The molecule has 1 aromatic rings. The van der Waals surface area contributed by atoms with Crippen LogP contribution in [0.3, 0.4) is 0 Å². The third-order valence-electron chi connectivity index (χ3n) is 2.58. The molecule has 3 rings (SSSR count). The van der Waals surface area contributed by atoms with Crippen LogP contribution in [0.2, 0.25) is 0 Å². The normalized spacial score (nSPS) is 23.0. The van der Waals surface area contributed by atoms with Crippen LogP contribution in [-0.4, -0.2) is 29.1 Å². The van der Waals surface area contributed by atoms with Crippen LogP contribution >= 0.6 is 0 Å². The van der Waals surface area contributed by atoms with E-state index >= 15 is 0 Å². The van der Waals surface area contributed by atoms with Crippen molar-refractivity contribution >= 4 is 12.0 Å². The second-order valence-electron chi connectivity index (χ2n) is 3.55. The summed E-state index contributed by atoms with van der Waals surface area (Å²) in [5.74, 6) is 0.915. The van der Waals surface area contributed by atoms with Crippen molar-refractivity contribution in [3.63, 3.8) is 0 Å². The molecule has 5 nitrogen and oxygen atoms in total. The summed E-state index contributed by atoms with van der Waals surface area (Å²) in [6.07, 6.45) is 4.51. The number of aromatic nitrogens is 2. The first kappa shape index (κ1) is 7.87. The molecule has 0 bridgehead atoms. The van der Waals surface area contributed by atoms with Crippen LogP contribution in [0.4, 0.5) is 5.82 Å². The lowest BCUT2D eigenvalue weighted by Crippen LogP contribution is -2.39. The van der Waals surface area contributed by atoms with Gasteiger partial charge in [-0.25, -0.2) is 15.0 Å². The summed E-state index contributed by atoms with van der Waals surface area (Å²) >= 11 is 0. The third kappa shape index (κ3) is 1.17. The van der Waals surface area contributed by atoms with Gasteiger partial charge < -0.3 is 10.6 Å². The van der Waals surface area contributed by atoms with E-state index in [1.807, 2.05) is 0 Å². The van der Waals surface area contributed by atoms with E-state index in [1.165, 1.54) is 0 Å². The van der Waals surface area contributed by atoms with Gasteiger partial charge in [-0.1, -0.05) is 0 Å². The fourth-order valence-corrected chi connectivity index (χ4v) is 1.75. The molecule has 1 atom stereocenters. The van der Waals surface area contributed by atoms with Gasteiger partial charge in [0.1, 0.15) is 12.1 Å². The molecule has 0 saturated carbocycles. The first-order valence-electron chi connectivity index (χ1n) is 4.80. The van der Waals surface area contributed by atoms with Gasteiger partial charge in [-0.2, -0.15) is 0 Å². The van der Waals surface area contributed by atoms with E-state index in [0.29, 0.717) is 6.04 Å². The second-order valence-corrected chi connectivity index (χ2v) is 3.55. The van der Waals surface area contributed by atoms with Gasteiger partial charge in [0.25, 0.3) is 0 Å². The van der Waals surface area contributed by atoms with Crippen molar-refractivity contribution in [2.75, 3.05) is 18.4 Å². The lowest BCUT2D eigenvalue weighted by Gasteiger charge is -2.13. The second kappa shape index (κ2) is 3.02. The lowest BCUT2D eigenvalue weighted by molar-refractivity contribution is 0.782. The van der Waals surface area contributed by atoms with Crippen molar-refractivity contribution < 1.29 is 0 Å². The van der Waals surface area contributed by atoms with Crippen LogP contribution in [0.25, 0.3) is 6.20 Å². The molecule has 0 aliphatic carbocycles. The van der Waals surface area contributed by atoms with Crippen molar-refractivity contribution in [2.45, 2.75) is 12.5 Å². The highest BCUT2D eigenvalue weighted by molar-refractivity contribution is 5.45. The highest BCUT2D eigenvalue weighted by atomic mass is 15.1. The van der Waals surface area contributed by atoms with E-state index in [0.717, 1.165) is 36.0 Å². The zero-order valence-corrected chi connectivity index (χ0v) is 7.70. The predicted octanol–water partition coefficient (Wildman–Crippen LogP) is -1.38. The molecule has 0 aromatic carbocycles. The topological polar surface area (TPSA) is 62.2 Å². The Morgan fingerprint density at radius 2 is 2.43 bits per heavy atom. The minimum absolute atomic E-state index is 0.489. The van der Waals surface area contributed by atoms with Crippen LogP contribution in [0, 0.1) is 0 Å². The van der Waals surface area contributed by atoms with Crippen LogP contribution in [0.5, 0.6) is 0 Å². The molecule has 0 spiro atoms. The van der Waals surface area contributed by atoms with Crippen molar-refractivity contribution in [1.82, 2.24) is 15.3 Å². The predicted molar refractivity (Wildman–Crippen MR) is 52.2 cm³/mol. The van der Waals surface area contributed by atoms with Gasteiger partial charge in [0.2, 0.25) is 0 Å². The Labute approximate surface area is 81.0 Å². The molecule has 72 valence electrons. The largest absolute Gasteiger partial charge is 0.365 e. The molecule has 1 fully saturated rings.